The lowest BCUT2D eigenvalue weighted by atomic mass is 9.88. The molecule has 1 aromatic heterocycles. The Labute approximate surface area is 449 Å². The van der Waals surface area contributed by atoms with E-state index in [0.717, 1.165) is 54.7 Å². The summed E-state index contributed by atoms with van der Waals surface area (Å²) in [5.41, 5.74) is 6.16. The SMILES string of the molecule is O=C(OCC1CCN(Cc2ccccc2)CC1)C(c1ccccc1)c1cccc(OCc2ccc(C(=O)N3CCOC4(CCN(C(=O)c5ccc(CCNCC(O)c6ccc(O)c7[nH]c(=O)ccc67)cc5)CC4)C3)cc2)c1. The zero-order valence-electron chi connectivity index (χ0n) is 43.4. The third kappa shape index (κ3) is 13.1. The fraction of sp³-hybridized carbons (Fsp3) is 0.333. The number of fused-ring (bicyclic) bond motifs is 1. The normalized spacial score (nSPS) is 16.7. The maximum absolute atomic E-state index is 13.9. The van der Waals surface area contributed by atoms with Crippen molar-refractivity contribution in [2.45, 2.75) is 62.9 Å². The van der Waals surface area contributed by atoms with Crippen LogP contribution in [0.25, 0.3) is 10.9 Å². The van der Waals surface area contributed by atoms with Crippen LogP contribution in [0.2, 0.25) is 0 Å². The maximum Gasteiger partial charge on any atom is 0.317 e. The average molecular weight is 1040 g/mol. The number of nitrogens with zero attached hydrogens (tertiary/aromatic N) is 3. The largest absolute Gasteiger partial charge is 0.506 e. The molecule has 6 aromatic carbocycles. The molecule has 0 saturated carbocycles. The van der Waals surface area contributed by atoms with Gasteiger partial charge in [-0.15, -0.1) is 0 Å². The lowest BCUT2D eigenvalue weighted by Gasteiger charge is -2.47. The van der Waals surface area contributed by atoms with Gasteiger partial charge in [0.25, 0.3) is 11.8 Å². The number of morpholine rings is 1. The van der Waals surface area contributed by atoms with Crippen molar-refractivity contribution in [1.82, 2.24) is 25.0 Å². The Kier molecular flexibility index (Phi) is 16.9. The molecule has 3 saturated heterocycles. The number of H-pyrrole nitrogens is 1. The van der Waals surface area contributed by atoms with Crippen LogP contribution in [0, 0.1) is 5.92 Å². The molecule has 2 atom stereocenters. The number of amides is 2. The van der Waals surface area contributed by atoms with Gasteiger partial charge in [-0.2, -0.15) is 0 Å². The summed E-state index contributed by atoms with van der Waals surface area (Å²) >= 11 is 0. The number of phenols is 1. The molecule has 4 heterocycles. The molecule has 3 fully saturated rings. The van der Waals surface area contributed by atoms with E-state index in [1.165, 1.54) is 17.7 Å². The molecule has 1 spiro atoms. The zero-order valence-corrected chi connectivity index (χ0v) is 43.4. The number of aromatic amines is 1. The van der Waals surface area contributed by atoms with Crippen LogP contribution >= 0.6 is 0 Å². The number of carbonyl (C=O) groups excluding carboxylic acids is 3. The molecule has 3 aliphatic heterocycles. The number of carbonyl (C=O) groups is 3. The number of benzene rings is 6. The third-order valence-electron chi connectivity index (χ3n) is 15.5. The lowest BCUT2D eigenvalue weighted by Crippen LogP contribution is -2.58. The van der Waals surface area contributed by atoms with E-state index >= 15 is 0 Å². The molecule has 2 unspecified atom stereocenters. The first-order chi connectivity index (χ1) is 37.6. The molecule has 2 amide bonds. The second-order valence-electron chi connectivity index (χ2n) is 20.7. The third-order valence-corrected chi connectivity index (χ3v) is 15.5. The van der Waals surface area contributed by atoms with E-state index in [-0.39, 0.29) is 42.2 Å². The Hall–Kier alpha value is -7.62. The summed E-state index contributed by atoms with van der Waals surface area (Å²) in [5.74, 6) is -0.0715. The van der Waals surface area contributed by atoms with Crippen LogP contribution in [0.5, 0.6) is 11.5 Å². The monoisotopic (exact) mass is 1040 g/mol. The minimum atomic E-state index is -0.852. The molecular weight excluding hydrogens is 971 g/mol. The van der Waals surface area contributed by atoms with E-state index in [0.29, 0.717) is 104 Å². The number of aliphatic hydroxyl groups excluding tert-OH is 1. The summed E-state index contributed by atoms with van der Waals surface area (Å²) in [6.07, 6.45) is 3.05. The van der Waals surface area contributed by atoms with Crippen molar-refractivity contribution in [3.63, 3.8) is 0 Å². The van der Waals surface area contributed by atoms with Crippen LogP contribution in [-0.2, 0) is 33.8 Å². The molecule has 398 valence electrons. The average Bonchev–Trinajstić information content (AvgIpc) is 3.48. The van der Waals surface area contributed by atoms with Crippen LogP contribution in [-0.4, -0.2) is 119 Å². The van der Waals surface area contributed by atoms with Gasteiger partial charge < -0.3 is 44.5 Å². The van der Waals surface area contributed by atoms with Gasteiger partial charge in [0.1, 0.15) is 24.0 Å². The smallest absolute Gasteiger partial charge is 0.317 e. The Morgan fingerprint density at radius 3 is 2.12 bits per heavy atom. The van der Waals surface area contributed by atoms with Gasteiger partial charge in [0.15, 0.2) is 0 Å². The molecule has 0 radical (unpaired) electrons. The molecule has 10 rings (SSSR count). The van der Waals surface area contributed by atoms with Crippen LogP contribution in [0.1, 0.15) is 91.8 Å². The van der Waals surface area contributed by atoms with Gasteiger partial charge in [-0.3, -0.25) is 24.1 Å². The molecule has 14 heteroatoms. The summed E-state index contributed by atoms with van der Waals surface area (Å²) in [7, 11) is 0. The minimum Gasteiger partial charge on any atom is -0.506 e. The van der Waals surface area contributed by atoms with Crippen LogP contribution in [0.3, 0.4) is 0 Å². The molecule has 0 bridgehead atoms. The van der Waals surface area contributed by atoms with Crippen molar-refractivity contribution in [2.24, 2.45) is 5.92 Å². The van der Waals surface area contributed by atoms with E-state index in [1.54, 1.807) is 12.1 Å². The fourth-order valence-corrected chi connectivity index (χ4v) is 11.0. The van der Waals surface area contributed by atoms with Crippen LogP contribution < -0.4 is 15.6 Å². The number of piperidine rings is 2. The van der Waals surface area contributed by atoms with Crippen molar-refractivity contribution >= 4 is 28.7 Å². The second-order valence-corrected chi connectivity index (χ2v) is 20.7. The van der Waals surface area contributed by atoms with Crippen molar-refractivity contribution in [3.05, 3.63) is 213 Å². The summed E-state index contributed by atoms with van der Waals surface area (Å²) in [6.45, 7) is 6.84. The predicted octanol–water partition coefficient (Wildman–Crippen LogP) is 8.41. The number of hydrogen-bond acceptors (Lipinski definition) is 11. The number of pyridine rings is 1. The highest BCUT2D eigenvalue weighted by molar-refractivity contribution is 5.95. The van der Waals surface area contributed by atoms with E-state index in [9.17, 15) is 29.4 Å². The lowest BCUT2D eigenvalue weighted by molar-refractivity contribution is -0.146. The standard InChI is InChI=1S/C63H67N5O9/c69-55-24-22-53(54-23-25-57(71)65-59(54)55)56(70)39-64-31-26-44-14-18-49(19-15-44)60(72)67-34-29-63(30-35-67)43-68(36-37-77-63)61(73)50-20-16-46(17-21-50)41-75-52-13-7-12-51(38-52)58(48-10-5-2-6-11-48)62(74)76-42-47-27-32-66(33-28-47)40-45-8-3-1-4-9-45/h1-25,38,47,56,58,64,69-70H,26-37,39-43H2,(H,65,71). The molecule has 14 nitrogen and oxygen atoms in total. The van der Waals surface area contributed by atoms with Gasteiger partial charge in [0.05, 0.1) is 37.0 Å². The highest BCUT2D eigenvalue weighted by Crippen LogP contribution is 2.34. The zero-order chi connectivity index (χ0) is 53.1. The summed E-state index contributed by atoms with van der Waals surface area (Å²) in [6, 6.07) is 49.2. The summed E-state index contributed by atoms with van der Waals surface area (Å²) in [4.78, 5) is 62.1. The number of ether oxygens (including phenoxy) is 3. The van der Waals surface area contributed by atoms with Crippen molar-refractivity contribution < 1.29 is 38.8 Å². The van der Waals surface area contributed by atoms with Crippen molar-refractivity contribution in [2.75, 3.05) is 65.6 Å². The number of aromatic hydroxyl groups is 1. The quantitative estimate of drug-likeness (QED) is 0.0480. The van der Waals surface area contributed by atoms with Gasteiger partial charge in [-0.05, 0) is 140 Å². The number of aromatic nitrogens is 1. The maximum atomic E-state index is 13.9. The Bertz CT molecular complexity index is 3170. The highest BCUT2D eigenvalue weighted by atomic mass is 16.5. The van der Waals surface area contributed by atoms with Gasteiger partial charge >= 0.3 is 5.97 Å². The molecule has 0 aliphatic carbocycles. The molecular formula is C63H67N5O9. The van der Waals surface area contributed by atoms with Crippen molar-refractivity contribution in [3.8, 4) is 11.5 Å². The van der Waals surface area contributed by atoms with Gasteiger partial charge in [0, 0.05) is 55.3 Å². The van der Waals surface area contributed by atoms with E-state index in [4.69, 9.17) is 14.2 Å². The van der Waals surface area contributed by atoms with E-state index in [1.807, 2.05) is 119 Å². The molecule has 7 aromatic rings. The number of nitrogens with one attached hydrogen (secondary N) is 2. The number of esters is 1. The minimum absolute atomic E-state index is 0.0380. The van der Waals surface area contributed by atoms with Gasteiger partial charge in [0.2, 0.25) is 5.56 Å². The Morgan fingerprint density at radius 2 is 1.39 bits per heavy atom. The summed E-state index contributed by atoms with van der Waals surface area (Å²) in [5, 5.41) is 24.9. The first-order valence-electron chi connectivity index (χ1n) is 26.9. The fourth-order valence-electron chi connectivity index (χ4n) is 11.0. The predicted molar refractivity (Wildman–Crippen MR) is 295 cm³/mol. The topological polar surface area (TPSA) is 174 Å². The first kappa shape index (κ1) is 52.8. The number of aliphatic hydroxyl groups is 1. The van der Waals surface area contributed by atoms with Crippen molar-refractivity contribution in [1.29, 1.82) is 0 Å². The number of likely N-dealkylation sites (tertiary alicyclic amines) is 2. The van der Waals surface area contributed by atoms with Gasteiger partial charge in [-0.1, -0.05) is 103 Å². The van der Waals surface area contributed by atoms with Crippen LogP contribution in [0.4, 0.5) is 0 Å². The summed E-state index contributed by atoms with van der Waals surface area (Å²) < 4.78 is 18.7. The Morgan fingerprint density at radius 1 is 0.714 bits per heavy atom. The highest BCUT2D eigenvalue weighted by Gasteiger charge is 2.42. The van der Waals surface area contributed by atoms with E-state index < -0.39 is 17.6 Å². The number of rotatable bonds is 18. The van der Waals surface area contributed by atoms with Gasteiger partial charge in [-0.25, -0.2) is 0 Å². The number of phenolic OH excluding ortho intramolecular Hbond substituents is 1. The second kappa shape index (κ2) is 24.6. The number of hydrogen-bond donors (Lipinski definition) is 4. The van der Waals surface area contributed by atoms with E-state index in [2.05, 4.69) is 39.5 Å². The first-order valence-corrected chi connectivity index (χ1v) is 26.9. The Balaban J connectivity index is 0.667. The molecule has 3 aliphatic rings. The molecule has 4 N–H and O–H groups in total. The molecule has 77 heavy (non-hydrogen) atoms. The van der Waals surface area contributed by atoms with Crippen LogP contribution in [0.15, 0.2) is 163 Å².